The van der Waals surface area contributed by atoms with Gasteiger partial charge in [-0.15, -0.1) is 0 Å². The van der Waals surface area contributed by atoms with Gasteiger partial charge in [-0.2, -0.15) is 0 Å². The lowest BCUT2D eigenvalue weighted by Crippen LogP contribution is -2.01. The van der Waals surface area contributed by atoms with Crippen LogP contribution in [0, 0.1) is 0 Å². The molecular weight excluding hydrogens is 188 g/mol. The van der Waals surface area contributed by atoms with Gasteiger partial charge in [-0.05, 0) is 17.6 Å². The van der Waals surface area contributed by atoms with E-state index < -0.39 is 5.97 Å². The third-order valence-electron chi connectivity index (χ3n) is 2.08. The van der Waals surface area contributed by atoms with Crippen LogP contribution in [0.3, 0.4) is 0 Å². The van der Waals surface area contributed by atoms with E-state index >= 15 is 0 Å². The van der Waals surface area contributed by atoms with E-state index in [0.717, 1.165) is 12.0 Å². The molecule has 0 atom stereocenters. The Morgan fingerprint density at radius 3 is 2.47 bits per heavy atom. The molecule has 0 aliphatic rings. The molecular formula is C13H14O2. The molecule has 1 aromatic carbocycles. The van der Waals surface area contributed by atoms with E-state index in [1.807, 2.05) is 43.3 Å². The second-order valence-corrected chi connectivity index (χ2v) is 3.18. The zero-order chi connectivity index (χ0) is 11.3. The van der Waals surface area contributed by atoms with Crippen molar-refractivity contribution in [2.45, 2.75) is 13.3 Å². The van der Waals surface area contributed by atoms with Gasteiger partial charge >= 0.3 is 5.97 Å². The minimum absolute atomic E-state index is 0.142. The van der Waals surface area contributed by atoms with Gasteiger partial charge in [0.15, 0.2) is 0 Å². The van der Waals surface area contributed by atoms with Crippen LogP contribution in [0.15, 0.2) is 48.6 Å². The Bertz CT molecular complexity index is 388. The first-order chi connectivity index (χ1) is 7.16. The van der Waals surface area contributed by atoms with Crippen molar-refractivity contribution in [2.24, 2.45) is 0 Å². The molecule has 0 saturated heterocycles. The number of carboxylic acids is 1. The Balaban J connectivity index is 3.11. The summed E-state index contributed by atoms with van der Waals surface area (Å²) in [5, 5.41) is 8.90. The maximum absolute atomic E-state index is 10.8. The average molecular weight is 202 g/mol. The molecule has 78 valence electrons. The molecule has 0 fully saturated rings. The average Bonchev–Trinajstić information content (AvgIpc) is 2.26. The van der Waals surface area contributed by atoms with Crippen LogP contribution in [-0.2, 0) is 4.79 Å². The number of carbonyl (C=O) groups is 1. The first kappa shape index (κ1) is 11.2. The second-order valence-electron chi connectivity index (χ2n) is 3.18. The normalized spacial score (nSPS) is 11.1. The number of rotatable bonds is 4. The van der Waals surface area contributed by atoms with Gasteiger partial charge in [0.05, 0.1) is 5.57 Å². The van der Waals surface area contributed by atoms with Crippen molar-refractivity contribution in [3.8, 4) is 0 Å². The van der Waals surface area contributed by atoms with E-state index in [-0.39, 0.29) is 5.57 Å². The number of benzene rings is 1. The third-order valence-corrected chi connectivity index (χ3v) is 2.08. The van der Waals surface area contributed by atoms with E-state index in [0.29, 0.717) is 5.57 Å². The van der Waals surface area contributed by atoms with Crippen molar-refractivity contribution in [3.05, 3.63) is 54.1 Å². The third kappa shape index (κ3) is 2.81. The summed E-state index contributed by atoms with van der Waals surface area (Å²) in [5.41, 5.74) is 1.74. The minimum atomic E-state index is -0.974. The fraction of sp³-hybridized carbons (Fsp3) is 0.154. The van der Waals surface area contributed by atoms with E-state index in [1.165, 1.54) is 0 Å². The summed E-state index contributed by atoms with van der Waals surface area (Å²) in [4.78, 5) is 10.8. The quantitative estimate of drug-likeness (QED) is 0.601. The van der Waals surface area contributed by atoms with Crippen molar-refractivity contribution < 1.29 is 9.90 Å². The molecule has 0 saturated carbocycles. The van der Waals surface area contributed by atoms with Crippen LogP contribution in [0.5, 0.6) is 0 Å². The zero-order valence-corrected chi connectivity index (χ0v) is 8.73. The van der Waals surface area contributed by atoms with Gasteiger partial charge in [0.25, 0.3) is 0 Å². The topological polar surface area (TPSA) is 37.3 Å². The molecule has 1 N–H and O–H groups in total. The van der Waals surface area contributed by atoms with Crippen LogP contribution in [0.4, 0.5) is 0 Å². The van der Waals surface area contributed by atoms with Gasteiger partial charge in [-0.25, -0.2) is 4.79 Å². The lowest BCUT2D eigenvalue weighted by atomic mass is 9.98. The molecule has 0 aromatic heterocycles. The summed E-state index contributed by atoms with van der Waals surface area (Å²) in [6.07, 6.45) is 2.67. The summed E-state index contributed by atoms with van der Waals surface area (Å²) < 4.78 is 0. The minimum Gasteiger partial charge on any atom is -0.478 e. The van der Waals surface area contributed by atoms with Gasteiger partial charge < -0.3 is 5.11 Å². The van der Waals surface area contributed by atoms with Crippen molar-refractivity contribution in [2.75, 3.05) is 0 Å². The predicted octanol–water partition coefficient (Wildman–Crippen LogP) is 3.12. The Morgan fingerprint density at radius 1 is 1.40 bits per heavy atom. The highest BCUT2D eigenvalue weighted by Crippen LogP contribution is 2.22. The maximum atomic E-state index is 10.8. The fourth-order valence-corrected chi connectivity index (χ4v) is 1.35. The number of hydrogen-bond donors (Lipinski definition) is 1. The van der Waals surface area contributed by atoms with E-state index in [1.54, 1.807) is 0 Å². The maximum Gasteiger partial charge on any atom is 0.335 e. The molecule has 1 rings (SSSR count). The number of carboxylic acid groups (broad SMARTS) is 1. The smallest absolute Gasteiger partial charge is 0.335 e. The molecule has 0 spiro atoms. The van der Waals surface area contributed by atoms with Crippen LogP contribution in [0.2, 0.25) is 0 Å². The van der Waals surface area contributed by atoms with Crippen molar-refractivity contribution in [3.63, 3.8) is 0 Å². The largest absolute Gasteiger partial charge is 0.478 e. The Labute approximate surface area is 89.6 Å². The first-order valence-corrected chi connectivity index (χ1v) is 4.85. The van der Waals surface area contributed by atoms with Crippen LogP contribution in [-0.4, -0.2) is 11.1 Å². The number of aliphatic carboxylic acids is 1. The molecule has 0 radical (unpaired) electrons. The van der Waals surface area contributed by atoms with Crippen molar-refractivity contribution >= 4 is 11.5 Å². The standard InChI is InChI=1S/C13H14O2/c1-3-7-12(10(2)13(14)15)11-8-5-4-6-9-11/h4-9H,2-3H2,1H3,(H,14,15)/b12-7+. The molecule has 15 heavy (non-hydrogen) atoms. The van der Waals surface area contributed by atoms with Crippen LogP contribution < -0.4 is 0 Å². The highest BCUT2D eigenvalue weighted by atomic mass is 16.4. The number of hydrogen-bond acceptors (Lipinski definition) is 1. The highest BCUT2D eigenvalue weighted by Gasteiger charge is 2.11. The van der Waals surface area contributed by atoms with Crippen LogP contribution in [0.1, 0.15) is 18.9 Å². The SMILES string of the molecule is C=C(C(=O)O)/C(=C\CC)c1ccccc1. The highest BCUT2D eigenvalue weighted by molar-refractivity contribution is 6.04. The monoisotopic (exact) mass is 202 g/mol. The Kier molecular flexibility index (Phi) is 3.86. The van der Waals surface area contributed by atoms with Gasteiger partial charge in [-0.3, -0.25) is 0 Å². The predicted molar refractivity (Wildman–Crippen MR) is 61.5 cm³/mol. The van der Waals surface area contributed by atoms with E-state index in [4.69, 9.17) is 5.11 Å². The molecule has 2 heteroatoms. The second kappa shape index (κ2) is 5.15. The molecule has 0 aliphatic carbocycles. The summed E-state index contributed by atoms with van der Waals surface area (Å²) in [6.45, 7) is 5.55. The van der Waals surface area contributed by atoms with Gasteiger partial charge in [-0.1, -0.05) is 49.9 Å². The van der Waals surface area contributed by atoms with Crippen LogP contribution in [0.25, 0.3) is 5.57 Å². The molecule has 2 nitrogen and oxygen atoms in total. The summed E-state index contributed by atoms with van der Waals surface area (Å²) >= 11 is 0. The lowest BCUT2D eigenvalue weighted by Gasteiger charge is -2.07. The molecule has 0 bridgehead atoms. The zero-order valence-electron chi connectivity index (χ0n) is 8.73. The van der Waals surface area contributed by atoms with Crippen LogP contribution >= 0.6 is 0 Å². The molecule has 0 amide bonds. The molecule has 0 unspecified atom stereocenters. The first-order valence-electron chi connectivity index (χ1n) is 4.85. The fourth-order valence-electron chi connectivity index (χ4n) is 1.35. The van der Waals surface area contributed by atoms with Gasteiger partial charge in [0.1, 0.15) is 0 Å². The Morgan fingerprint density at radius 2 is 2.00 bits per heavy atom. The van der Waals surface area contributed by atoms with E-state index in [2.05, 4.69) is 6.58 Å². The van der Waals surface area contributed by atoms with E-state index in [9.17, 15) is 4.79 Å². The number of allylic oxidation sites excluding steroid dienone is 1. The summed E-state index contributed by atoms with van der Waals surface area (Å²) in [5.74, 6) is -0.974. The Hall–Kier alpha value is -1.83. The summed E-state index contributed by atoms with van der Waals surface area (Å²) in [6, 6.07) is 9.43. The van der Waals surface area contributed by atoms with Crippen molar-refractivity contribution in [1.29, 1.82) is 0 Å². The lowest BCUT2D eigenvalue weighted by molar-refractivity contribution is -0.132. The molecule has 1 aromatic rings. The van der Waals surface area contributed by atoms with Gasteiger partial charge in [0.2, 0.25) is 0 Å². The molecule has 0 heterocycles. The van der Waals surface area contributed by atoms with Gasteiger partial charge in [0, 0.05) is 0 Å². The summed E-state index contributed by atoms with van der Waals surface area (Å²) in [7, 11) is 0. The molecule has 0 aliphatic heterocycles. The van der Waals surface area contributed by atoms with Crippen molar-refractivity contribution in [1.82, 2.24) is 0 Å².